The number of unbranched alkanes of at least 4 members (excludes halogenated alkanes) is 10. The van der Waals surface area contributed by atoms with Crippen molar-refractivity contribution in [1.82, 2.24) is 0 Å². The lowest BCUT2D eigenvalue weighted by Crippen LogP contribution is -2.39. The summed E-state index contributed by atoms with van der Waals surface area (Å²) in [4.78, 5) is 12.6. The van der Waals surface area contributed by atoms with Crippen LogP contribution in [0.4, 0.5) is 0 Å². The van der Waals surface area contributed by atoms with Gasteiger partial charge in [-0.1, -0.05) is 90.1 Å². The van der Waals surface area contributed by atoms with Gasteiger partial charge < -0.3 is 4.43 Å². The van der Waals surface area contributed by atoms with Gasteiger partial charge in [0.25, 0.3) is 5.97 Å². The molecule has 0 rings (SSSR count). The zero-order valence-electron chi connectivity index (χ0n) is 20.2. The van der Waals surface area contributed by atoms with Crippen LogP contribution >= 0.6 is 0 Å². The van der Waals surface area contributed by atoms with Crippen molar-refractivity contribution in [2.24, 2.45) is 0 Å². The predicted molar refractivity (Wildman–Crippen MR) is 131 cm³/mol. The molecule has 1 atom stereocenters. The summed E-state index contributed by atoms with van der Waals surface area (Å²) in [5, 5.41) is 0. The highest BCUT2D eigenvalue weighted by molar-refractivity contribution is 6.81. The van der Waals surface area contributed by atoms with Crippen LogP contribution in [-0.4, -0.2) is 22.4 Å². The molecule has 0 amide bonds. The molecule has 166 valence electrons. The largest absolute Gasteiger partial charge is 0.520 e. The molecule has 0 saturated carbocycles. The van der Waals surface area contributed by atoms with E-state index in [4.69, 9.17) is 4.43 Å². The SMILES string of the molecule is CCCCCCCC/C=C\CCCCCCC(C(=O)O[Si](C)(C)C)[Si](C)(C)C. The smallest absolute Gasteiger partial charge is 0.292 e. The van der Waals surface area contributed by atoms with E-state index in [1.165, 1.54) is 70.6 Å². The van der Waals surface area contributed by atoms with E-state index >= 15 is 0 Å². The zero-order chi connectivity index (χ0) is 21.5. The standard InChI is InChI=1S/C24H50O2Si2/c1-8-9-10-11-12-13-14-15-16-17-18-19-20-21-22-23(27(2,3)4)24(25)26-28(5,6)7/h15-16,23H,8-14,17-22H2,1-7H3/b16-15-. The van der Waals surface area contributed by atoms with Gasteiger partial charge >= 0.3 is 0 Å². The Morgan fingerprint density at radius 1 is 0.750 bits per heavy atom. The number of carbonyl (C=O) groups is 1. The van der Waals surface area contributed by atoms with E-state index in [-0.39, 0.29) is 11.5 Å². The van der Waals surface area contributed by atoms with Gasteiger partial charge in [-0.05, 0) is 51.7 Å². The molecule has 0 aromatic heterocycles. The molecule has 0 fully saturated rings. The van der Waals surface area contributed by atoms with Gasteiger partial charge in [-0.15, -0.1) is 0 Å². The highest BCUT2D eigenvalue weighted by Gasteiger charge is 2.35. The fourth-order valence-corrected chi connectivity index (χ4v) is 6.22. The van der Waals surface area contributed by atoms with Gasteiger partial charge in [0.1, 0.15) is 0 Å². The molecule has 0 spiro atoms. The molecule has 2 nitrogen and oxygen atoms in total. The molecular weight excluding hydrogens is 376 g/mol. The summed E-state index contributed by atoms with van der Waals surface area (Å²) in [6, 6.07) is 0. The van der Waals surface area contributed by atoms with Crippen LogP contribution in [0.2, 0.25) is 44.8 Å². The van der Waals surface area contributed by atoms with E-state index in [0.29, 0.717) is 0 Å². The van der Waals surface area contributed by atoms with Gasteiger partial charge in [0, 0.05) is 5.54 Å². The molecule has 0 saturated heterocycles. The molecule has 0 bridgehead atoms. The van der Waals surface area contributed by atoms with Crippen molar-refractivity contribution in [1.29, 1.82) is 0 Å². The van der Waals surface area contributed by atoms with Crippen LogP contribution in [0.15, 0.2) is 12.2 Å². The molecule has 0 aliphatic carbocycles. The molecule has 0 aromatic rings. The molecule has 0 aliphatic heterocycles. The second-order valence-corrected chi connectivity index (χ2v) is 20.3. The number of hydrogen-bond acceptors (Lipinski definition) is 2. The molecule has 0 aromatic carbocycles. The summed E-state index contributed by atoms with van der Waals surface area (Å²) in [6.45, 7) is 15.5. The lowest BCUT2D eigenvalue weighted by atomic mass is 10.1. The van der Waals surface area contributed by atoms with Gasteiger partial charge in [-0.3, -0.25) is 4.79 Å². The number of carbonyl (C=O) groups excluding carboxylic acids is 1. The third-order valence-corrected chi connectivity index (χ3v) is 8.67. The van der Waals surface area contributed by atoms with Crippen LogP contribution in [0, 0.1) is 0 Å². The fraction of sp³-hybridized carbons (Fsp3) is 0.875. The summed E-state index contributed by atoms with van der Waals surface area (Å²) in [6.07, 6.45) is 21.5. The van der Waals surface area contributed by atoms with Gasteiger partial charge in [0.15, 0.2) is 0 Å². The van der Waals surface area contributed by atoms with E-state index in [2.05, 4.69) is 58.4 Å². The zero-order valence-corrected chi connectivity index (χ0v) is 22.2. The number of hydrogen-bond donors (Lipinski definition) is 0. The first kappa shape index (κ1) is 27.6. The van der Waals surface area contributed by atoms with Crippen LogP contribution in [0.5, 0.6) is 0 Å². The second kappa shape index (κ2) is 15.5. The van der Waals surface area contributed by atoms with Crippen LogP contribution in [0.1, 0.15) is 90.4 Å². The van der Waals surface area contributed by atoms with E-state index < -0.39 is 16.4 Å². The highest BCUT2D eigenvalue weighted by Crippen LogP contribution is 2.30. The topological polar surface area (TPSA) is 26.3 Å². The first-order chi connectivity index (χ1) is 13.1. The van der Waals surface area contributed by atoms with Crippen LogP contribution in [-0.2, 0) is 9.22 Å². The maximum atomic E-state index is 12.6. The van der Waals surface area contributed by atoms with Crippen LogP contribution in [0.3, 0.4) is 0 Å². The Kier molecular flexibility index (Phi) is 15.3. The fourth-order valence-electron chi connectivity index (χ4n) is 3.52. The molecule has 4 heteroatoms. The average molecular weight is 427 g/mol. The lowest BCUT2D eigenvalue weighted by Gasteiger charge is -2.30. The molecule has 0 N–H and O–H groups in total. The third-order valence-electron chi connectivity index (χ3n) is 5.24. The van der Waals surface area contributed by atoms with Gasteiger partial charge in [0.05, 0.1) is 8.07 Å². The Bertz CT molecular complexity index is 419. The van der Waals surface area contributed by atoms with E-state index in [1.807, 2.05) is 0 Å². The van der Waals surface area contributed by atoms with Gasteiger partial charge in [-0.2, -0.15) is 0 Å². The normalized spacial score (nSPS) is 13.8. The van der Waals surface area contributed by atoms with Crippen LogP contribution < -0.4 is 0 Å². The second-order valence-electron chi connectivity index (χ2n) is 10.5. The minimum atomic E-state index is -1.78. The van der Waals surface area contributed by atoms with Crippen molar-refractivity contribution in [2.75, 3.05) is 0 Å². The molecular formula is C24H50O2Si2. The molecule has 0 heterocycles. The maximum Gasteiger partial charge on any atom is 0.292 e. The predicted octanol–water partition coefficient (Wildman–Crippen LogP) is 8.72. The molecule has 0 radical (unpaired) electrons. The Labute approximate surface area is 179 Å². The lowest BCUT2D eigenvalue weighted by molar-refractivity contribution is -0.135. The summed E-state index contributed by atoms with van der Waals surface area (Å²) in [5.41, 5.74) is 0.163. The Morgan fingerprint density at radius 2 is 1.21 bits per heavy atom. The molecule has 0 aliphatic rings. The summed E-state index contributed by atoms with van der Waals surface area (Å²) >= 11 is 0. The van der Waals surface area contributed by atoms with Crippen molar-refractivity contribution < 1.29 is 9.22 Å². The number of allylic oxidation sites excluding steroid dienone is 2. The Morgan fingerprint density at radius 3 is 1.68 bits per heavy atom. The van der Waals surface area contributed by atoms with Gasteiger partial charge in [0.2, 0.25) is 8.32 Å². The van der Waals surface area contributed by atoms with E-state index in [0.717, 1.165) is 12.8 Å². The van der Waals surface area contributed by atoms with Crippen molar-refractivity contribution in [3.63, 3.8) is 0 Å². The first-order valence-electron chi connectivity index (χ1n) is 12.0. The van der Waals surface area contributed by atoms with Crippen molar-refractivity contribution in [3.8, 4) is 0 Å². The Hall–Kier alpha value is -0.356. The third kappa shape index (κ3) is 16.6. The van der Waals surface area contributed by atoms with Crippen molar-refractivity contribution in [2.45, 2.75) is 135 Å². The van der Waals surface area contributed by atoms with Crippen LogP contribution in [0.25, 0.3) is 0 Å². The average Bonchev–Trinajstić information content (AvgIpc) is 2.55. The van der Waals surface area contributed by atoms with E-state index in [9.17, 15) is 4.79 Å². The number of rotatable bonds is 17. The van der Waals surface area contributed by atoms with Crippen molar-refractivity contribution in [3.05, 3.63) is 12.2 Å². The minimum Gasteiger partial charge on any atom is -0.520 e. The molecule has 1 unspecified atom stereocenters. The first-order valence-corrected chi connectivity index (χ1v) is 18.9. The van der Waals surface area contributed by atoms with Gasteiger partial charge in [-0.25, -0.2) is 0 Å². The monoisotopic (exact) mass is 426 g/mol. The summed E-state index contributed by atoms with van der Waals surface area (Å²) in [5.74, 6) is 0.0935. The maximum absolute atomic E-state index is 12.6. The quantitative estimate of drug-likeness (QED) is 0.132. The van der Waals surface area contributed by atoms with Crippen molar-refractivity contribution >= 4 is 22.4 Å². The minimum absolute atomic E-state index is 0.0935. The Balaban J connectivity index is 3.83. The van der Waals surface area contributed by atoms with E-state index in [1.54, 1.807) is 0 Å². The molecule has 28 heavy (non-hydrogen) atoms. The highest BCUT2D eigenvalue weighted by atomic mass is 28.4. The summed E-state index contributed by atoms with van der Waals surface area (Å²) in [7, 11) is -3.30. The summed E-state index contributed by atoms with van der Waals surface area (Å²) < 4.78 is 5.82.